The monoisotopic (exact) mass is 413 g/mol. The number of hydrogen-bond acceptors (Lipinski definition) is 6. The van der Waals surface area contributed by atoms with Crippen LogP contribution in [-0.2, 0) is 4.79 Å². The predicted molar refractivity (Wildman–Crippen MR) is 106 cm³/mol. The number of aliphatic imine (C=N–C) groups is 1. The van der Waals surface area contributed by atoms with Gasteiger partial charge in [-0.2, -0.15) is 15.5 Å². The van der Waals surface area contributed by atoms with E-state index in [1.807, 2.05) is 6.07 Å². The topological polar surface area (TPSA) is 139 Å². The molecule has 4 atom stereocenters. The maximum Gasteiger partial charge on any atom is 0.336 e. The fraction of sp³-hybridized carbons (Fsp3) is 0.421. The van der Waals surface area contributed by atoms with Crippen molar-refractivity contribution in [3.8, 4) is 12.1 Å². The van der Waals surface area contributed by atoms with Gasteiger partial charge in [-0.25, -0.2) is 9.80 Å². The molecule has 1 fully saturated rings. The second-order valence-corrected chi connectivity index (χ2v) is 7.86. The predicted octanol–water partition coefficient (Wildman–Crippen LogP) is 1.98. The van der Waals surface area contributed by atoms with Crippen LogP contribution in [0.2, 0.25) is 5.02 Å². The molecule has 1 aliphatic heterocycles. The van der Waals surface area contributed by atoms with Crippen molar-refractivity contribution in [3.63, 3.8) is 0 Å². The summed E-state index contributed by atoms with van der Waals surface area (Å²) in [7, 11) is 3.23. The summed E-state index contributed by atoms with van der Waals surface area (Å²) >= 11 is 5.98. The van der Waals surface area contributed by atoms with E-state index in [0.717, 1.165) is 0 Å². The zero-order valence-corrected chi connectivity index (χ0v) is 16.9. The average Bonchev–Trinajstić information content (AvgIpc) is 3.03. The molecule has 3 amide bonds. The molecule has 3 rings (SSSR count). The van der Waals surface area contributed by atoms with Crippen molar-refractivity contribution in [1.82, 2.24) is 10.0 Å². The molecule has 1 aliphatic carbocycles. The molecular formula is C19H20ClN7O2. The number of nitrogens with two attached hydrogens (primary N) is 1. The standard InChI is InChI=1S/C19H20ClN7O2/c1-11-7-14(19(10-22)16(28)25-15(23)18(11,19)9-21)27(26(2)3)17(29)24-13-6-4-5-12(20)8-13/h4-6,8,11,14H,7H2,1-3H3,(H,24,29)(H2,23,25,28)/t11-,14-,18-,19-/m0/s1. The summed E-state index contributed by atoms with van der Waals surface area (Å²) in [5.41, 5.74) is 2.94. The Balaban J connectivity index is 2.07. The fourth-order valence-electron chi connectivity index (χ4n) is 4.49. The normalized spacial score (nSPS) is 30.3. The van der Waals surface area contributed by atoms with Crippen molar-refractivity contribution in [3.05, 3.63) is 29.3 Å². The Bertz CT molecular complexity index is 995. The van der Waals surface area contributed by atoms with Gasteiger partial charge < -0.3 is 11.1 Å². The van der Waals surface area contributed by atoms with Crippen LogP contribution in [0.15, 0.2) is 29.3 Å². The minimum Gasteiger partial charge on any atom is -0.386 e. The van der Waals surface area contributed by atoms with Gasteiger partial charge in [0.15, 0.2) is 5.41 Å². The zero-order valence-electron chi connectivity index (χ0n) is 16.2. The maximum atomic E-state index is 13.1. The van der Waals surface area contributed by atoms with Crippen molar-refractivity contribution >= 4 is 35.1 Å². The molecule has 9 nitrogen and oxygen atoms in total. The number of anilines is 1. The van der Waals surface area contributed by atoms with Crippen LogP contribution in [0.1, 0.15) is 13.3 Å². The number of hydrazine groups is 1. The number of nitrogens with zero attached hydrogens (tertiary/aromatic N) is 5. The highest BCUT2D eigenvalue weighted by Crippen LogP contribution is 2.61. The minimum absolute atomic E-state index is 0.171. The molecule has 0 radical (unpaired) electrons. The van der Waals surface area contributed by atoms with Crippen LogP contribution in [0, 0.1) is 39.4 Å². The first-order chi connectivity index (χ1) is 13.6. The van der Waals surface area contributed by atoms with E-state index in [1.165, 1.54) is 10.0 Å². The fourth-order valence-corrected chi connectivity index (χ4v) is 4.68. The number of hydrogen-bond donors (Lipinski definition) is 2. The van der Waals surface area contributed by atoms with Crippen LogP contribution in [0.25, 0.3) is 0 Å². The third kappa shape index (κ3) is 2.66. The zero-order chi connectivity index (χ0) is 21.6. The van der Waals surface area contributed by atoms with Crippen LogP contribution in [0.4, 0.5) is 10.5 Å². The van der Waals surface area contributed by atoms with Crippen molar-refractivity contribution in [1.29, 1.82) is 10.5 Å². The lowest BCUT2D eigenvalue weighted by Gasteiger charge is -2.40. The Kier molecular flexibility index (Phi) is 4.99. The van der Waals surface area contributed by atoms with Crippen LogP contribution in [0.3, 0.4) is 0 Å². The van der Waals surface area contributed by atoms with E-state index >= 15 is 0 Å². The Morgan fingerprint density at radius 1 is 1.34 bits per heavy atom. The van der Waals surface area contributed by atoms with E-state index < -0.39 is 34.7 Å². The van der Waals surface area contributed by atoms with E-state index in [2.05, 4.69) is 16.4 Å². The van der Waals surface area contributed by atoms with Gasteiger partial charge in [0.2, 0.25) is 0 Å². The van der Waals surface area contributed by atoms with Crippen molar-refractivity contribution in [2.45, 2.75) is 19.4 Å². The highest BCUT2D eigenvalue weighted by molar-refractivity contribution is 6.30. The molecule has 0 aromatic heterocycles. The number of amides is 3. The van der Waals surface area contributed by atoms with Crippen molar-refractivity contribution < 1.29 is 9.59 Å². The van der Waals surface area contributed by atoms with E-state index in [0.29, 0.717) is 10.7 Å². The molecule has 3 N–H and O–H groups in total. The van der Waals surface area contributed by atoms with Crippen LogP contribution in [0.5, 0.6) is 0 Å². The second-order valence-electron chi connectivity index (χ2n) is 7.43. The number of carbonyl (C=O) groups excluding carboxylic acids is 2. The second kappa shape index (κ2) is 7.03. The first-order valence-electron chi connectivity index (χ1n) is 8.90. The van der Waals surface area contributed by atoms with Crippen molar-refractivity contribution in [2.75, 3.05) is 19.4 Å². The molecule has 1 heterocycles. The summed E-state index contributed by atoms with van der Waals surface area (Å²) < 4.78 is 0. The van der Waals surface area contributed by atoms with Gasteiger partial charge in [-0.1, -0.05) is 24.6 Å². The van der Waals surface area contributed by atoms with Crippen molar-refractivity contribution in [2.24, 2.45) is 27.5 Å². The number of nitriles is 2. The first kappa shape index (κ1) is 20.6. The quantitative estimate of drug-likeness (QED) is 0.726. The summed E-state index contributed by atoms with van der Waals surface area (Å²) in [5.74, 6) is -1.43. The minimum atomic E-state index is -1.89. The number of fused-ring (bicyclic) bond motifs is 1. The van der Waals surface area contributed by atoms with Gasteiger partial charge in [-0.3, -0.25) is 9.80 Å². The summed E-state index contributed by atoms with van der Waals surface area (Å²) in [5, 5.41) is 26.0. The number of rotatable bonds is 3. The van der Waals surface area contributed by atoms with E-state index in [1.54, 1.807) is 45.3 Å². The molecule has 0 bridgehead atoms. The Morgan fingerprint density at radius 2 is 2.00 bits per heavy atom. The van der Waals surface area contributed by atoms with E-state index in [9.17, 15) is 20.1 Å². The number of benzene rings is 1. The van der Waals surface area contributed by atoms with Gasteiger partial charge in [-0.15, -0.1) is 0 Å². The SMILES string of the molecule is C[C@H]1C[C@H](N(C(=O)Nc2cccc(Cl)c2)N(C)C)[C@@]2(C#N)C(=O)N=C(N)[C@]12C#N. The third-order valence-corrected chi connectivity index (χ3v) is 6.00. The lowest BCUT2D eigenvalue weighted by molar-refractivity contribution is -0.129. The summed E-state index contributed by atoms with van der Waals surface area (Å²) in [6.45, 7) is 1.74. The number of nitrogens with one attached hydrogen (secondary N) is 1. The van der Waals surface area contributed by atoms with E-state index in [-0.39, 0.29) is 12.3 Å². The molecule has 1 aromatic carbocycles. The Hall–Kier alpha value is -3.14. The number of halogens is 1. The molecule has 0 saturated heterocycles. The smallest absolute Gasteiger partial charge is 0.336 e. The molecule has 29 heavy (non-hydrogen) atoms. The molecule has 1 aromatic rings. The van der Waals surface area contributed by atoms with Gasteiger partial charge in [0, 0.05) is 24.8 Å². The number of carbonyl (C=O) groups is 2. The average molecular weight is 414 g/mol. The molecular weight excluding hydrogens is 394 g/mol. The van der Waals surface area contributed by atoms with Crippen LogP contribution < -0.4 is 11.1 Å². The first-order valence-corrected chi connectivity index (χ1v) is 9.28. The molecule has 150 valence electrons. The Morgan fingerprint density at radius 3 is 2.55 bits per heavy atom. The van der Waals surface area contributed by atoms with Gasteiger partial charge in [0.25, 0.3) is 5.91 Å². The van der Waals surface area contributed by atoms with Crippen LogP contribution in [-0.4, -0.2) is 47.9 Å². The highest BCUT2D eigenvalue weighted by atomic mass is 35.5. The molecule has 10 heteroatoms. The lowest BCUT2D eigenvalue weighted by atomic mass is 9.63. The van der Waals surface area contributed by atoms with Crippen LogP contribution >= 0.6 is 11.6 Å². The van der Waals surface area contributed by atoms with Gasteiger partial charge in [-0.05, 0) is 30.5 Å². The van der Waals surface area contributed by atoms with Gasteiger partial charge in [0.05, 0.1) is 18.2 Å². The van der Waals surface area contributed by atoms with E-state index in [4.69, 9.17) is 17.3 Å². The molecule has 2 aliphatic rings. The molecule has 0 spiro atoms. The highest BCUT2D eigenvalue weighted by Gasteiger charge is 2.76. The lowest BCUT2D eigenvalue weighted by Crippen LogP contribution is -2.60. The maximum absolute atomic E-state index is 13.1. The summed E-state index contributed by atoms with van der Waals surface area (Å²) in [6.07, 6.45) is 0.226. The molecule has 0 unspecified atom stereocenters. The molecule has 1 saturated carbocycles. The van der Waals surface area contributed by atoms with Gasteiger partial charge in [0.1, 0.15) is 11.3 Å². The van der Waals surface area contributed by atoms with Gasteiger partial charge >= 0.3 is 6.03 Å². The summed E-state index contributed by atoms with van der Waals surface area (Å²) in [6, 6.07) is 9.19. The third-order valence-electron chi connectivity index (χ3n) is 5.76. The number of urea groups is 1. The number of amidine groups is 1. The largest absolute Gasteiger partial charge is 0.386 e. The Labute approximate surface area is 173 Å². The summed E-state index contributed by atoms with van der Waals surface area (Å²) in [4.78, 5) is 29.8.